The average Bonchev–Trinajstić information content (AvgIpc) is 2.34. The molecule has 0 aromatic carbocycles. The van der Waals surface area contributed by atoms with Crippen LogP contribution in [-0.4, -0.2) is 12.0 Å². The normalized spacial score (nSPS) is 15.5. The lowest BCUT2D eigenvalue weighted by Crippen LogP contribution is -2.26. The first-order chi connectivity index (χ1) is 4.88. The Morgan fingerprint density at radius 3 is 3.40 bits per heavy atom. The maximum absolute atomic E-state index is 4.03. The molecule has 3 heteroatoms. The van der Waals surface area contributed by atoms with Crippen LogP contribution in [0.25, 0.3) is 0 Å². The lowest BCUT2D eigenvalue weighted by atomic mass is 10.2. The number of hydrogen-bond acceptors (Lipinski definition) is 3. The molecule has 0 amide bonds. The van der Waals surface area contributed by atoms with E-state index in [1.807, 2.05) is 30.5 Å². The van der Waals surface area contributed by atoms with Crippen molar-refractivity contribution in [2.75, 3.05) is 12.1 Å². The highest BCUT2D eigenvalue weighted by atomic mass is 15.5. The van der Waals surface area contributed by atoms with Gasteiger partial charge in [0.25, 0.3) is 0 Å². The van der Waals surface area contributed by atoms with E-state index in [-0.39, 0.29) is 0 Å². The van der Waals surface area contributed by atoms with Gasteiger partial charge in [-0.2, -0.15) is 0 Å². The van der Waals surface area contributed by atoms with Crippen LogP contribution in [-0.2, 0) is 6.54 Å². The van der Waals surface area contributed by atoms with Crippen LogP contribution in [0.2, 0.25) is 0 Å². The molecule has 2 rings (SSSR count). The van der Waals surface area contributed by atoms with E-state index in [2.05, 4.69) is 10.4 Å². The van der Waals surface area contributed by atoms with Crippen molar-refractivity contribution in [3.8, 4) is 0 Å². The van der Waals surface area contributed by atoms with E-state index < -0.39 is 0 Å². The summed E-state index contributed by atoms with van der Waals surface area (Å²) in [7, 11) is 1.99. The van der Waals surface area contributed by atoms with E-state index in [1.165, 1.54) is 11.3 Å². The van der Waals surface area contributed by atoms with E-state index in [9.17, 15) is 0 Å². The van der Waals surface area contributed by atoms with Crippen molar-refractivity contribution in [1.82, 2.24) is 10.4 Å². The Kier molecular flexibility index (Phi) is 1.11. The SMILES string of the molecule is CN1NCc2ccncc21. The molecule has 52 valence electrons. The molecule has 0 fully saturated rings. The van der Waals surface area contributed by atoms with Gasteiger partial charge in [0.15, 0.2) is 0 Å². The molecule has 0 spiro atoms. The summed E-state index contributed by atoms with van der Waals surface area (Å²) in [6.07, 6.45) is 3.69. The summed E-state index contributed by atoms with van der Waals surface area (Å²) in [6, 6.07) is 2.03. The number of anilines is 1. The van der Waals surface area contributed by atoms with Crippen molar-refractivity contribution in [3.63, 3.8) is 0 Å². The van der Waals surface area contributed by atoms with Gasteiger partial charge in [0, 0.05) is 19.8 Å². The van der Waals surface area contributed by atoms with Crippen molar-refractivity contribution < 1.29 is 0 Å². The number of pyridine rings is 1. The first-order valence-corrected chi connectivity index (χ1v) is 3.28. The Bertz CT molecular complexity index is 246. The minimum Gasteiger partial charge on any atom is -0.309 e. The van der Waals surface area contributed by atoms with Crippen LogP contribution in [0.15, 0.2) is 18.5 Å². The van der Waals surface area contributed by atoms with Gasteiger partial charge in [-0.25, -0.2) is 5.43 Å². The third-order valence-electron chi connectivity index (χ3n) is 1.76. The van der Waals surface area contributed by atoms with Gasteiger partial charge in [0.1, 0.15) is 0 Å². The summed E-state index contributed by atoms with van der Waals surface area (Å²) in [5, 5.41) is 1.99. The highest BCUT2D eigenvalue weighted by Crippen LogP contribution is 2.20. The fourth-order valence-corrected chi connectivity index (χ4v) is 1.16. The average molecular weight is 135 g/mol. The Labute approximate surface area is 59.7 Å². The van der Waals surface area contributed by atoms with Crippen LogP contribution in [0.1, 0.15) is 5.56 Å². The second-order valence-electron chi connectivity index (χ2n) is 2.40. The fourth-order valence-electron chi connectivity index (χ4n) is 1.16. The minimum atomic E-state index is 0.925. The molecular weight excluding hydrogens is 126 g/mol. The van der Waals surface area contributed by atoms with Gasteiger partial charge in [0.05, 0.1) is 11.9 Å². The van der Waals surface area contributed by atoms with Crippen molar-refractivity contribution >= 4 is 5.69 Å². The predicted molar refractivity (Wildman–Crippen MR) is 39.5 cm³/mol. The quantitative estimate of drug-likeness (QED) is 0.562. The highest BCUT2D eigenvalue weighted by molar-refractivity contribution is 5.53. The standard InChI is InChI=1S/C7H9N3/c1-10-7-5-8-3-2-6(7)4-9-10/h2-3,5,9H,4H2,1H3. The lowest BCUT2D eigenvalue weighted by Gasteiger charge is -2.09. The fraction of sp³-hybridized carbons (Fsp3) is 0.286. The molecule has 1 aliphatic heterocycles. The summed E-state index contributed by atoms with van der Waals surface area (Å²) in [5.41, 5.74) is 5.68. The minimum absolute atomic E-state index is 0.925. The summed E-state index contributed by atoms with van der Waals surface area (Å²) >= 11 is 0. The molecule has 0 unspecified atom stereocenters. The van der Waals surface area contributed by atoms with Crippen molar-refractivity contribution in [2.24, 2.45) is 0 Å². The molecule has 2 heterocycles. The van der Waals surface area contributed by atoms with E-state index in [0.29, 0.717) is 0 Å². The first kappa shape index (κ1) is 5.68. The molecule has 1 aliphatic rings. The van der Waals surface area contributed by atoms with Gasteiger partial charge < -0.3 is 5.01 Å². The molecule has 1 aromatic rings. The van der Waals surface area contributed by atoms with Gasteiger partial charge in [0.2, 0.25) is 0 Å². The van der Waals surface area contributed by atoms with Crippen molar-refractivity contribution in [3.05, 3.63) is 24.0 Å². The third-order valence-corrected chi connectivity index (χ3v) is 1.76. The number of hydrazine groups is 1. The molecule has 0 aliphatic carbocycles. The molecular formula is C7H9N3. The number of nitrogens with zero attached hydrogens (tertiary/aromatic N) is 2. The van der Waals surface area contributed by atoms with Crippen LogP contribution in [0.3, 0.4) is 0 Å². The van der Waals surface area contributed by atoms with Gasteiger partial charge >= 0.3 is 0 Å². The second-order valence-corrected chi connectivity index (χ2v) is 2.40. The zero-order valence-corrected chi connectivity index (χ0v) is 5.83. The Balaban J connectivity index is 2.51. The predicted octanol–water partition coefficient (Wildman–Crippen LogP) is 0.536. The summed E-state index contributed by atoms with van der Waals surface area (Å²) in [6.45, 7) is 0.925. The summed E-state index contributed by atoms with van der Waals surface area (Å²) in [5.74, 6) is 0. The van der Waals surface area contributed by atoms with Crippen LogP contribution >= 0.6 is 0 Å². The van der Waals surface area contributed by atoms with Gasteiger partial charge in [-0.15, -0.1) is 0 Å². The molecule has 1 aromatic heterocycles. The largest absolute Gasteiger partial charge is 0.309 e. The van der Waals surface area contributed by atoms with Crippen LogP contribution in [0.5, 0.6) is 0 Å². The molecule has 3 nitrogen and oxygen atoms in total. The Morgan fingerprint density at radius 2 is 2.60 bits per heavy atom. The van der Waals surface area contributed by atoms with Crippen LogP contribution in [0.4, 0.5) is 5.69 Å². The van der Waals surface area contributed by atoms with Crippen LogP contribution in [0, 0.1) is 0 Å². The second kappa shape index (κ2) is 1.95. The topological polar surface area (TPSA) is 28.2 Å². The maximum Gasteiger partial charge on any atom is 0.0745 e. The number of aromatic nitrogens is 1. The third kappa shape index (κ3) is 0.675. The number of hydrogen-bond donors (Lipinski definition) is 1. The first-order valence-electron chi connectivity index (χ1n) is 3.28. The summed E-state index contributed by atoms with van der Waals surface area (Å²) in [4.78, 5) is 4.03. The molecule has 0 saturated carbocycles. The van der Waals surface area contributed by atoms with E-state index in [0.717, 1.165) is 6.54 Å². The van der Waals surface area contributed by atoms with Gasteiger partial charge in [-0.1, -0.05) is 0 Å². The molecule has 0 atom stereocenters. The van der Waals surface area contributed by atoms with Crippen molar-refractivity contribution in [2.45, 2.75) is 6.54 Å². The Morgan fingerprint density at radius 1 is 1.70 bits per heavy atom. The van der Waals surface area contributed by atoms with Crippen LogP contribution < -0.4 is 10.4 Å². The molecule has 0 radical (unpaired) electrons. The zero-order valence-electron chi connectivity index (χ0n) is 5.83. The monoisotopic (exact) mass is 135 g/mol. The molecule has 1 N–H and O–H groups in total. The molecule has 10 heavy (non-hydrogen) atoms. The molecule has 0 saturated heterocycles. The zero-order chi connectivity index (χ0) is 6.97. The van der Waals surface area contributed by atoms with Gasteiger partial charge in [-0.05, 0) is 11.6 Å². The number of rotatable bonds is 0. The summed E-state index contributed by atoms with van der Waals surface area (Å²) < 4.78 is 0. The Hall–Kier alpha value is -1.09. The van der Waals surface area contributed by atoms with E-state index >= 15 is 0 Å². The van der Waals surface area contributed by atoms with Crippen molar-refractivity contribution in [1.29, 1.82) is 0 Å². The van der Waals surface area contributed by atoms with Gasteiger partial charge in [-0.3, -0.25) is 4.98 Å². The number of nitrogens with one attached hydrogen (secondary N) is 1. The maximum atomic E-state index is 4.03. The van der Waals surface area contributed by atoms with E-state index in [1.54, 1.807) is 0 Å². The lowest BCUT2D eigenvalue weighted by molar-refractivity contribution is 0.734. The number of fused-ring (bicyclic) bond motifs is 1. The highest BCUT2D eigenvalue weighted by Gasteiger charge is 2.13. The molecule has 0 bridgehead atoms. The smallest absolute Gasteiger partial charge is 0.0745 e. The van der Waals surface area contributed by atoms with E-state index in [4.69, 9.17) is 0 Å².